The van der Waals surface area contributed by atoms with Gasteiger partial charge in [0.25, 0.3) is 0 Å². The Balaban J connectivity index is 1.55. The summed E-state index contributed by atoms with van der Waals surface area (Å²) in [6.45, 7) is 20.2. The molecule has 2 nitrogen and oxygen atoms in total. The molecule has 5 rings (SSSR count). The zero-order valence-corrected chi connectivity index (χ0v) is 23.4. The van der Waals surface area contributed by atoms with Crippen molar-refractivity contribution in [3.8, 4) is 0 Å². The van der Waals surface area contributed by atoms with Crippen molar-refractivity contribution < 1.29 is 9.32 Å². The van der Waals surface area contributed by atoms with E-state index in [-0.39, 0.29) is 5.41 Å². The molecule has 5 aliphatic carbocycles. The van der Waals surface area contributed by atoms with Crippen LogP contribution in [0.5, 0.6) is 0 Å². The van der Waals surface area contributed by atoms with Gasteiger partial charge in [0, 0.05) is 21.3 Å². The minimum absolute atomic E-state index is 0.152. The predicted octanol–water partition coefficient (Wildman–Crippen LogP) is 8.02. The van der Waals surface area contributed by atoms with Crippen LogP contribution in [0.3, 0.4) is 0 Å². The summed E-state index contributed by atoms with van der Waals surface area (Å²) < 4.78 is 5.83. The highest BCUT2D eigenvalue weighted by atomic mass is 31.0. The number of hydrogen-bond donors (Lipinski definition) is 0. The van der Waals surface area contributed by atoms with Gasteiger partial charge >= 0.3 is 0 Å². The molecule has 0 aromatic rings. The summed E-state index contributed by atoms with van der Waals surface area (Å²) in [4.78, 5) is 12.9. The Morgan fingerprint density at radius 3 is 2.33 bits per heavy atom. The molecule has 5 aliphatic rings. The summed E-state index contributed by atoms with van der Waals surface area (Å²) in [5.74, 6) is 3.97. The van der Waals surface area contributed by atoms with Crippen molar-refractivity contribution in [1.82, 2.24) is 0 Å². The quantitative estimate of drug-likeness (QED) is 0.307. The van der Waals surface area contributed by atoms with Gasteiger partial charge in [0.05, 0.1) is 6.61 Å². The molecule has 0 N–H and O–H groups in total. The second-order valence-electron chi connectivity index (χ2n) is 14.5. The number of rotatable bonds is 3. The smallest absolute Gasteiger partial charge is 0.138 e. The monoisotopic (exact) mass is 472 g/mol. The van der Waals surface area contributed by atoms with E-state index < -0.39 is 0 Å². The standard InChI is InChI=1S/C30H49O2P/c1-19(2)20-10-15-30(18-32-33)17-16-28(6)21(25(20)30)8-9-23-27(5)13-12-24(31)26(3,4)22(27)11-14-29(23,28)7/h20-23,25H,1,8-18,33H2,2-7H3/t20-,21+,22-,23+,25+,27-,28+,29+,30+/m0/s1. The maximum absolute atomic E-state index is 12.9. The van der Waals surface area contributed by atoms with E-state index >= 15 is 0 Å². The first-order valence-electron chi connectivity index (χ1n) is 13.9. The number of fused-ring (bicyclic) bond motifs is 7. The third-order valence-corrected chi connectivity index (χ3v) is 13.5. The maximum Gasteiger partial charge on any atom is 0.138 e. The van der Waals surface area contributed by atoms with Gasteiger partial charge in [0.1, 0.15) is 5.78 Å². The van der Waals surface area contributed by atoms with E-state index in [0.29, 0.717) is 39.3 Å². The Morgan fingerprint density at radius 2 is 1.67 bits per heavy atom. The first-order chi connectivity index (χ1) is 15.4. The van der Waals surface area contributed by atoms with Gasteiger partial charge in [-0.15, -0.1) is 0 Å². The Morgan fingerprint density at radius 1 is 0.939 bits per heavy atom. The van der Waals surface area contributed by atoms with Crippen LogP contribution in [-0.4, -0.2) is 12.4 Å². The van der Waals surface area contributed by atoms with Gasteiger partial charge in [-0.05, 0) is 116 Å². The molecule has 186 valence electrons. The molecule has 5 fully saturated rings. The third kappa shape index (κ3) is 3.01. The largest absolute Gasteiger partial charge is 0.365 e. The molecule has 0 amide bonds. The van der Waals surface area contributed by atoms with E-state index in [1.54, 1.807) is 0 Å². The first-order valence-corrected chi connectivity index (χ1v) is 14.3. The summed E-state index contributed by atoms with van der Waals surface area (Å²) >= 11 is 0. The van der Waals surface area contributed by atoms with Crippen molar-refractivity contribution in [1.29, 1.82) is 0 Å². The van der Waals surface area contributed by atoms with Crippen LogP contribution in [0.2, 0.25) is 0 Å². The molecule has 0 radical (unpaired) electrons. The van der Waals surface area contributed by atoms with Gasteiger partial charge < -0.3 is 4.52 Å². The van der Waals surface area contributed by atoms with Crippen molar-refractivity contribution in [2.75, 3.05) is 6.61 Å². The molecule has 5 saturated carbocycles. The van der Waals surface area contributed by atoms with E-state index in [1.165, 1.54) is 56.9 Å². The molecular formula is C30H49O2P. The molecule has 0 aromatic carbocycles. The topological polar surface area (TPSA) is 26.3 Å². The van der Waals surface area contributed by atoms with Crippen molar-refractivity contribution in [3.63, 3.8) is 0 Å². The van der Waals surface area contributed by atoms with Crippen LogP contribution in [0.4, 0.5) is 0 Å². The minimum Gasteiger partial charge on any atom is -0.365 e. The first kappa shape index (κ1) is 24.5. The van der Waals surface area contributed by atoms with E-state index in [4.69, 9.17) is 4.52 Å². The predicted molar refractivity (Wildman–Crippen MR) is 140 cm³/mol. The van der Waals surface area contributed by atoms with Crippen LogP contribution >= 0.6 is 9.47 Å². The molecule has 0 heterocycles. The summed E-state index contributed by atoms with van der Waals surface area (Å²) in [7, 11) is 2.55. The van der Waals surface area contributed by atoms with Gasteiger partial charge in [0.2, 0.25) is 0 Å². The summed E-state index contributed by atoms with van der Waals surface area (Å²) in [6, 6.07) is 0. The lowest BCUT2D eigenvalue weighted by Crippen LogP contribution is -2.66. The third-order valence-electron chi connectivity index (χ3n) is 13.4. The number of Topliss-reactive ketones (excluding diaryl/α,β-unsaturated/α-hetero) is 1. The van der Waals surface area contributed by atoms with Gasteiger partial charge in [-0.2, -0.15) is 0 Å². The Hall–Kier alpha value is -0.200. The summed E-state index contributed by atoms with van der Waals surface area (Å²) in [5, 5.41) is 0. The average Bonchev–Trinajstić information content (AvgIpc) is 3.12. The molecule has 0 aliphatic heterocycles. The average molecular weight is 473 g/mol. The van der Waals surface area contributed by atoms with Crippen LogP contribution in [-0.2, 0) is 9.32 Å². The fraction of sp³-hybridized carbons (Fsp3) is 0.900. The molecule has 1 unspecified atom stereocenters. The zero-order chi connectivity index (χ0) is 24.0. The Labute approximate surface area is 205 Å². The zero-order valence-electron chi connectivity index (χ0n) is 22.3. The van der Waals surface area contributed by atoms with Gasteiger partial charge in [-0.3, -0.25) is 4.79 Å². The van der Waals surface area contributed by atoms with Crippen LogP contribution < -0.4 is 0 Å². The number of hydrogen-bond acceptors (Lipinski definition) is 2. The second kappa shape index (κ2) is 7.65. The van der Waals surface area contributed by atoms with Crippen LogP contribution in [0.15, 0.2) is 12.2 Å². The van der Waals surface area contributed by atoms with E-state index in [2.05, 4.69) is 57.6 Å². The lowest BCUT2D eigenvalue weighted by molar-refractivity contribution is -0.235. The summed E-state index contributed by atoms with van der Waals surface area (Å²) in [5.41, 5.74) is 2.65. The Kier molecular flexibility index (Phi) is 5.68. The second-order valence-corrected chi connectivity index (χ2v) is 14.8. The van der Waals surface area contributed by atoms with Crippen LogP contribution in [0.25, 0.3) is 0 Å². The van der Waals surface area contributed by atoms with Crippen molar-refractivity contribution in [2.24, 2.45) is 56.7 Å². The van der Waals surface area contributed by atoms with Crippen LogP contribution in [0, 0.1) is 56.7 Å². The molecule has 33 heavy (non-hydrogen) atoms. The fourth-order valence-corrected chi connectivity index (χ4v) is 11.8. The SMILES string of the molecule is C=C(C)[C@@H]1CC[C@]2(COP)CC[C@]3(C)[C@H](CC[C@@H]4[C@@]5(C)CCC(=O)C(C)(C)[C@@H]5CC[C@]43C)[C@@H]12. The molecular weight excluding hydrogens is 423 g/mol. The number of carbonyl (C=O) groups is 1. The highest BCUT2D eigenvalue weighted by molar-refractivity contribution is 7.09. The van der Waals surface area contributed by atoms with E-state index in [9.17, 15) is 4.79 Å². The molecule has 0 saturated heterocycles. The summed E-state index contributed by atoms with van der Waals surface area (Å²) in [6.07, 6.45) is 12.4. The highest BCUT2D eigenvalue weighted by Crippen LogP contribution is 2.77. The van der Waals surface area contributed by atoms with Crippen molar-refractivity contribution >= 4 is 15.2 Å². The lowest BCUT2D eigenvalue weighted by Gasteiger charge is -2.72. The molecule has 0 aromatic heterocycles. The Bertz CT molecular complexity index is 848. The maximum atomic E-state index is 12.9. The van der Waals surface area contributed by atoms with Crippen molar-refractivity contribution in [2.45, 2.75) is 106 Å². The number of ketones is 1. The molecule has 10 atom stereocenters. The van der Waals surface area contributed by atoms with Crippen molar-refractivity contribution in [3.05, 3.63) is 12.2 Å². The molecule has 3 heteroatoms. The van der Waals surface area contributed by atoms with Gasteiger partial charge in [-0.1, -0.05) is 46.8 Å². The van der Waals surface area contributed by atoms with Gasteiger partial charge in [0.15, 0.2) is 0 Å². The fourth-order valence-electron chi connectivity index (χ4n) is 11.5. The van der Waals surface area contributed by atoms with Gasteiger partial charge in [-0.25, -0.2) is 0 Å². The lowest BCUT2D eigenvalue weighted by atomic mass is 9.32. The van der Waals surface area contributed by atoms with Crippen LogP contribution in [0.1, 0.15) is 106 Å². The van der Waals surface area contributed by atoms with E-state index in [0.717, 1.165) is 37.2 Å². The number of carbonyl (C=O) groups excluding carboxylic acids is 1. The normalized spacial score (nSPS) is 52.9. The minimum atomic E-state index is -0.152. The number of allylic oxidation sites excluding steroid dienone is 1. The highest BCUT2D eigenvalue weighted by Gasteiger charge is 2.70. The van der Waals surface area contributed by atoms with E-state index in [1.807, 2.05) is 0 Å². The molecule has 0 spiro atoms. The molecule has 0 bridgehead atoms.